The van der Waals surface area contributed by atoms with Gasteiger partial charge in [-0.1, -0.05) is 24.6 Å². The van der Waals surface area contributed by atoms with Crippen molar-refractivity contribution in [1.82, 2.24) is 5.32 Å². The van der Waals surface area contributed by atoms with E-state index in [-0.39, 0.29) is 17.9 Å². The van der Waals surface area contributed by atoms with Crippen LogP contribution in [-0.2, 0) is 14.3 Å². The molecule has 5 nitrogen and oxygen atoms in total. The quantitative estimate of drug-likeness (QED) is 0.699. The van der Waals surface area contributed by atoms with Gasteiger partial charge in [0.2, 0.25) is 0 Å². The summed E-state index contributed by atoms with van der Waals surface area (Å²) >= 11 is 0. The van der Waals surface area contributed by atoms with Crippen LogP contribution in [0.15, 0.2) is 46.8 Å². The van der Waals surface area contributed by atoms with Gasteiger partial charge in [0, 0.05) is 29.0 Å². The van der Waals surface area contributed by atoms with Crippen LogP contribution in [0.1, 0.15) is 76.7 Å². The molecule has 5 heteroatoms. The molecule has 0 saturated heterocycles. The van der Waals surface area contributed by atoms with Crippen molar-refractivity contribution < 1.29 is 19.1 Å². The second-order valence-corrected chi connectivity index (χ2v) is 8.40. The first-order chi connectivity index (χ1) is 14.6. The summed E-state index contributed by atoms with van der Waals surface area (Å²) in [6.45, 7) is 4.37. The summed E-state index contributed by atoms with van der Waals surface area (Å²) in [7, 11) is 0. The number of hydrogen-bond acceptors (Lipinski definition) is 5. The van der Waals surface area contributed by atoms with Crippen molar-refractivity contribution in [1.29, 1.82) is 0 Å². The smallest absolute Gasteiger partial charge is 0.337 e. The molecule has 0 radical (unpaired) electrons. The number of carbonyl (C=O) groups is 2. The maximum absolute atomic E-state index is 13.4. The van der Waals surface area contributed by atoms with Gasteiger partial charge < -0.3 is 14.8 Å². The Hall–Kier alpha value is -2.56. The molecule has 1 aromatic carbocycles. The van der Waals surface area contributed by atoms with Crippen LogP contribution in [0.3, 0.4) is 0 Å². The largest absolute Gasteiger partial charge is 0.494 e. The Kier molecular flexibility index (Phi) is 6.26. The fourth-order valence-electron chi connectivity index (χ4n) is 4.97. The average Bonchev–Trinajstić information content (AvgIpc) is 2.74. The molecular formula is C25H31NO4. The normalized spacial score (nSPS) is 22.5. The van der Waals surface area contributed by atoms with Gasteiger partial charge in [-0.15, -0.1) is 0 Å². The highest BCUT2D eigenvalue weighted by Crippen LogP contribution is 2.45. The van der Waals surface area contributed by atoms with Crippen LogP contribution in [0.25, 0.3) is 0 Å². The fraction of sp³-hybridized carbons (Fsp3) is 0.520. The van der Waals surface area contributed by atoms with E-state index < -0.39 is 5.92 Å². The first kappa shape index (κ1) is 20.7. The first-order valence-electron chi connectivity index (χ1n) is 11.3. The third kappa shape index (κ3) is 4.03. The maximum Gasteiger partial charge on any atom is 0.337 e. The number of benzene rings is 1. The van der Waals surface area contributed by atoms with Gasteiger partial charge in [0.15, 0.2) is 5.78 Å². The number of rotatable bonds is 5. The Morgan fingerprint density at radius 3 is 2.63 bits per heavy atom. The number of ether oxygens (including phenoxy) is 2. The minimum Gasteiger partial charge on any atom is -0.494 e. The Balaban J connectivity index is 1.77. The van der Waals surface area contributed by atoms with Crippen LogP contribution in [0.4, 0.5) is 0 Å². The number of para-hydroxylation sites is 1. The molecule has 2 aliphatic carbocycles. The highest BCUT2D eigenvalue weighted by molar-refractivity contribution is 6.04. The van der Waals surface area contributed by atoms with Gasteiger partial charge in [-0.25, -0.2) is 4.79 Å². The summed E-state index contributed by atoms with van der Waals surface area (Å²) in [6.07, 6.45) is 7.35. The molecule has 0 spiro atoms. The highest BCUT2D eigenvalue weighted by atomic mass is 16.5. The number of Topliss-reactive ketones (excluding diaryl/α,β-unsaturated/α-hetero) is 1. The summed E-state index contributed by atoms with van der Waals surface area (Å²) < 4.78 is 11.8. The van der Waals surface area contributed by atoms with Crippen LogP contribution in [0.5, 0.6) is 5.75 Å². The number of carbonyl (C=O) groups excluding carboxylic acids is 2. The number of dihydropyridines is 1. The van der Waals surface area contributed by atoms with Crippen LogP contribution >= 0.6 is 0 Å². The molecule has 30 heavy (non-hydrogen) atoms. The minimum atomic E-state index is -0.451. The topological polar surface area (TPSA) is 64.6 Å². The minimum absolute atomic E-state index is 0.0354. The zero-order valence-electron chi connectivity index (χ0n) is 18.0. The van der Waals surface area contributed by atoms with Crippen LogP contribution in [0, 0.1) is 0 Å². The van der Waals surface area contributed by atoms with Crippen molar-refractivity contribution >= 4 is 11.8 Å². The molecule has 4 rings (SSSR count). The third-order valence-corrected chi connectivity index (χ3v) is 6.35. The van der Waals surface area contributed by atoms with Gasteiger partial charge >= 0.3 is 5.97 Å². The Bertz CT molecular complexity index is 892. The van der Waals surface area contributed by atoms with E-state index in [1.165, 1.54) is 6.42 Å². The lowest BCUT2D eigenvalue weighted by Gasteiger charge is -2.35. The lowest BCUT2D eigenvalue weighted by molar-refractivity contribution is -0.146. The number of nitrogens with one attached hydrogen (secondary N) is 1. The summed E-state index contributed by atoms with van der Waals surface area (Å²) in [5, 5.41) is 3.36. The van der Waals surface area contributed by atoms with Gasteiger partial charge in [-0.3, -0.25) is 4.79 Å². The Morgan fingerprint density at radius 2 is 1.87 bits per heavy atom. The van der Waals surface area contributed by atoms with E-state index >= 15 is 0 Å². The number of ketones is 1. The molecule has 0 bridgehead atoms. The molecule has 3 aliphatic rings. The zero-order chi connectivity index (χ0) is 21.1. The second-order valence-electron chi connectivity index (χ2n) is 8.40. The summed E-state index contributed by atoms with van der Waals surface area (Å²) in [5.41, 5.74) is 3.82. The van der Waals surface area contributed by atoms with Crippen LogP contribution in [0.2, 0.25) is 0 Å². The van der Waals surface area contributed by atoms with Crippen LogP contribution in [-0.4, -0.2) is 24.5 Å². The van der Waals surface area contributed by atoms with E-state index in [0.29, 0.717) is 29.9 Å². The van der Waals surface area contributed by atoms with Crippen molar-refractivity contribution in [3.63, 3.8) is 0 Å². The maximum atomic E-state index is 13.4. The van der Waals surface area contributed by atoms with Gasteiger partial charge in [0.1, 0.15) is 11.9 Å². The molecule has 0 amide bonds. The van der Waals surface area contributed by atoms with Gasteiger partial charge in [0.25, 0.3) is 0 Å². The van der Waals surface area contributed by atoms with Crippen molar-refractivity contribution in [3.8, 4) is 5.75 Å². The van der Waals surface area contributed by atoms with Gasteiger partial charge in [0.05, 0.1) is 18.1 Å². The lowest BCUT2D eigenvalue weighted by Crippen LogP contribution is -2.35. The average molecular weight is 410 g/mol. The summed E-state index contributed by atoms with van der Waals surface area (Å²) in [5.74, 6) is 0.0597. The molecule has 1 aliphatic heterocycles. The molecule has 1 heterocycles. The Morgan fingerprint density at radius 1 is 1.10 bits per heavy atom. The van der Waals surface area contributed by atoms with E-state index in [2.05, 4.69) is 5.32 Å². The SMILES string of the molecule is CCOc1ccccc1C1C(C(=O)OC2CCCCC2)=C(C)NC2=C1C(=O)CCC2. The number of esters is 1. The van der Waals surface area contributed by atoms with E-state index in [1.54, 1.807) is 0 Å². The molecule has 160 valence electrons. The third-order valence-electron chi connectivity index (χ3n) is 6.35. The monoisotopic (exact) mass is 409 g/mol. The van der Waals surface area contributed by atoms with Crippen molar-refractivity contribution in [3.05, 3.63) is 52.4 Å². The van der Waals surface area contributed by atoms with Crippen LogP contribution < -0.4 is 10.1 Å². The van der Waals surface area contributed by atoms with E-state index in [1.807, 2.05) is 38.1 Å². The Labute approximate surface area is 178 Å². The number of allylic oxidation sites excluding steroid dienone is 3. The van der Waals surface area contributed by atoms with E-state index in [9.17, 15) is 9.59 Å². The van der Waals surface area contributed by atoms with Gasteiger partial charge in [-0.05, 0) is 58.4 Å². The van der Waals surface area contributed by atoms with E-state index in [0.717, 1.165) is 55.5 Å². The molecule has 1 atom stereocenters. The van der Waals surface area contributed by atoms with Gasteiger partial charge in [-0.2, -0.15) is 0 Å². The zero-order valence-corrected chi connectivity index (χ0v) is 18.0. The highest BCUT2D eigenvalue weighted by Gasteiger charge is 2.40. The van der Waals surface area contributed by atoms with E-state index in [4.69, 9.17) is 9.47 Å². The summed E-state index contributed by atoms with van der Waals surface area (Å²) in [6, 6.07) is 7.74. The first-order valence-corrected chi connectivity index (χ1v) is 11.3. The fourth-order valence-corrected chi connectivity index (χ4v) is 4.97. The predicted molar refractivity (Wildman–Crippen MR) is 115 cm³/mol. The molecule has 1 unspecified atom stereocenters. The number of hydrogen-bond donors (Lipinski definition) is 1. The lowest BCUT2D eigenvalue weighted by atomic mass is 9.75. The molecule has 1 aromatic rings. The molecule has 1 fully saturated rings. The van der Waals surface area contributed by atoms with Crippen molar-refractivity contribution in [2.75, 3.05) is 6.61 Å². The standard InChI is InChI=1S/C25H31NO4/c1-3-29-21-15-8-7-12-18(21)23-22(25(28)30-17-10-5-4-6-11-17)16(2)26-19-13-9-14-20(27)24(19)23/h7-8,12,15,17,23,26H,3-6,9-11,13-14H2,1-2H3. The predicted octanol–water partition coefficient (Wildman–Crippen LogP) is 4.93. The summed E-state index contributed by atoms with van der Waals surface area (Å²) in [4.78, 5) is 26.4. The molecule has 0 aromatic heterocycles. The van der Waals surface area contributed by atoms with Crippen molar-refractivity contribution in [2.24, 2.45) is 0 Å². The molecule has 1 N–H and O–H groups in total. The molecular weight excluding hydrogens is 378 g/mol. The second kappa shape index (κ2) is 9.07. The molecule has 1 saturated carbocycles. The van der Waals surface area contributed by atoms with Crippen molar-refractivity contribution in [2.45, 2.75) is 77.2 Å².